The van der Waals surface area contributed by atoms with Crippen LogP contribution in [0, 0.1) is 0 Å². The second-order valence-electron chi connectivity index (χ2n) is 1.95. The van der Waals surface area contributed by atoms with E-state index in [-0.39, 0.29) is 0 Å². The molecule has 0 aliphatic heterocycles. The van der Waals surface area contributed by atoms with Crippen LogP contribution in [0.15, 0.2) is 17.9 Å². The second-order valence-corrected chi connectivity index (χ2v) is 1.95. The van der Waals surface area contributed by atoms with Crippen LogP contribution < -0.4 is 0 Å². The van der Waals surface area contributed by atoms with E-state index in [1.54, 1.807) is 11.2 Å². The van der Waals surface area contributed by atoms with Crippen molar-refractivity contribution in [3.8, 4) is 0 Å². The lowest BCUT2D eigenvalue weighted by molar-refractivity contribution is 0.490. The lowest BCUT2D eigenvalue weighted by Gasteiger charge is -2.05. The molecule has 0 rings (SSSR count). The minimum atomic E-state index is 0.998. The monoisotopic (exact) mass is 126 g/mol. The van der Waals surface area contributed by atoms with Gasteiger partial charge in [-0.25, -0.2) is 0 Å². The molecular formula is C7H14N2. The maximum Gasteiger partial charge on any atom is 0.0351 e. The molecule has 0 aromatic rings. The van der Waals surface area contributed by atoms with E-state index in [1.165, 1.54) is 0 Å². The molecule has 0 aromatic carbocycles. The maximum atomic E-state index is 4.15. The molecule has 0 saturated heterocycles. The van der Waals surface area contributed by atoms with E-state index in [4.69, 9.17) is 0 Å². The lowest BCUT2D eigenvalue weighted by atomic mass is 10.3. The van der Waals surface area contributed by atoms with Crippen LogP contribution in [-0.2, 0) is 0 Å². The van der Waals surface area contributed by atoms with E-state index >= 15 is 0 Å². The first kappa shape index (κ1) is 8.21. The van der Waals surface area contributed by atoms with E-state index in [1.807, 2.05) is 14.0 Å². The van der Waals surface area contributed by atoms with Crippen LogP contribution in [0.2, 0.25) is 0 Å². The summed E-state index contributed by atoms with van der Waals surface area (Å²) in [6, 6.07) is 0. The Kier molecular flexibility index (Phi) is 3.76. The summed E-state index contributed by atoms with van der Waals surface area (Å²) in [4.78, 5) is 0. The van der Waals surface area contributed by atoms with Crippen molar-refractivity contribution in [2.45, 2.75) is 20.3 Å². The predicted molar refractivity (Wildman–Crippen MR) is 41.4 cm³/mol. The van der Waals surface area contributed by atoms with Gasteiger partial charge in [-0.3, -0.25) is 5.01 Å². The van der Waals surface area contributed by atoms with Gasteiger partial charge in [0.2, 0.25) is 0 Å². The first-order chi connectivity index (χ1) is 4.20. The number of rotatable bonds is 3. The standard InChI is InChI=1S/C7H14N2/c1-5-7(3)8-9(4)6-2/h6H,2,5H2,1,3-4H3/b8-7+. The summed E-state index contributed by atoms with van der Waals surface area (Å²) in [5.41, 5.74) is 1.12. The van der Waals surface area contributed by atoms with Crippen molar-refractivity contribution in [1.29, 1.82) is 0 Å². The van der Waals surface area contributed by atoms with Gasteiger partial charge in [0.25, 0.3) is 0 Å². The van der Waals surface area contributed by atoms with Gasteiger partial charge >= 0.3 is 0 Å². The lowest BCUT2D eigenvalue weighted by Crippen LogP contribution is -2.03. The van der Waals surface area contributed by atoms with Crippen LogP contribution in [-0.4, -0.2) is 17.8 Å². The summed E-state index contributed by atoms with van der Waals surface area (Å²) < 4.78 is 0. The number of nitrogens with zero attached hydrogens (tertiary/aromatic N) is 2. The van der Waals surface area contributed by atoms with Gasteiger partial charge in [0.15, 0.2) is 0 Å². The molecule has 0 bridgehead atoms. The minimum Gasteiger partial charge on any atom is -0.277 e. The molecular weight excluding hydrogens is 112 g/mol. The molecule has 2 nitrogen and oxygen atoms in total. The highest BCUT2D eigenvalue weighted by Gasteiger charge is 1.85. The van der Waals surface area contributed by atoms with E-state index in [2.05, 4.69) is 18.6 Å². The molecule has 0 heterocycles. The van der Waals surface area contributed by atoms with Crippen LogP contribution in [0.3, 0.4) is 0 Å². The average molecular weight is 126 g/mol. The Morgan fingerprint density at radius 2 is 2.33 bits per heavy atom. The van der Waals surface area contributed by atoms with Crippen molar-refractivity contribution in [2.75, 3.05) is 7.05 Å². The molecule has 0 aliphatic carbocycles. The Bertz CT molecular complexity index is 116. The van der Waals surface area contributed by atoms with Crippen molar-refractivity contribution in [3.63, 3.8) is 0 Å². The van der Waals surface area contributed by atoms with Crippen molar-refractivity contribution < 1.29 is 0 Å². The summed E-state index contributed by atoms with van der Waals surface area (Å²) in [5.74, 6) is 0. The fourth-order valence-corrected chi connectivity index (χ4v) is 0.381. The predicted octanol–water partition coefficient (Wildman–Crippen LogP) is 1.85. The number of hydrogen-bond donors (Lipinski definition) is 0. The fourth-order valence-electron chi connectivity index (χ4n) is 0.381. The zero-order valence-corrected chi connectivity index (χ0v) is 6.39. The van der Waals surface area contributed by atoms with Gasteiger partial charge in [-0.05, 0) is 13.3 Å². The Morgan fingerprint density at radius 1 is 1.78 bits per heavy atom. The molecule has 0 aliphatic rings. The van der Waals surface area contributed by atoms with Crippen molar-refractivity contribution in [2.24, 2.45) is 5.10 Å². The van der Waals surface area contributed by atoms with Crippen molar-refractivity contribution >= 4 is 5.71 Å². The summed E-state index contributed by atoms with van der Waals surface area (Å²) in [5, 5.41) is 5.85. The second kappa shape index (κ2) is 4.13. The Labute approximate surface area is 56.9 Å². The highest BCUT2D eigenvalue weighted by molar-refractivity contribution is 5.81. The van der Waals surface area contributed by atoms with Crippen LogP contribution in [0.5, 0.6) is 0 Å². The quantitative estimate of drug-likeness (QED) is 0.416. The first-order valence-electron chi connectivity index (χ1n) is 3.10. The van der Waals surface area contributed by atoms with Crippen molar-refractivity contribution in [1.82, 2.24) is 5.01 Å². The average Bonchev–Trinajstić information content (AvgIpc) is 1.87. The van der Waals surface area contributed by atoms with E-state index < -0.39 is 0 Å². The molecule has 0 atom stereocenters. The molecule has 2 heteroatoms. The molecule has 0 fully saturated rings. The third-order valence-corrected chi connectivity index (χ3v) is 1.10. The van der Waals surface area contributed by atoms with Crippen LogP contribution in [0.4, 0.5) is 0 Å². The Morgan fingerprint density at radius 3 is 2.67 bits per heavy atom. The molecule has 0 saturated carbocycles. The zero-order chi connectivity index (χ0) is 7.28. The van der Waals surface area contributed by atoms with Gasteiger partial charge in [0.05, 0.1) is 0 Å². The van der Waals surface area contributed by atoms with Gasteiger partial charge in [0.1, 0.15) is 0 Å². The number of hydrogen-bond acceptors (Lipinski definition) is 2. The van der Waals surface area contributed by atoms with Gasteiger partial charge in [-0.2, -0.15) is 5.10 Å². The first-order valence-corrected chi connectivity index (χ1v) is 3.10. The topological polar surface area (TPSA) is 15.6 Å². The maximum absolute atomic E-state index is 4.15. The van der Waals surface area contributed by atoms with Crippen LogP contribution >= 0.6 is 0 Å². The Hall–Kier alpha value is -0.790. The molecule has 0 unspecified atom stereocenters. The minimum absolute atomic E-state index is 0.998. The Balaban J connectivity index is 3.78. The highest BCUT2D eigenvalue weighted by Crippen LogP contribution is 1.88. The smallest absolute Gasteiger partial charge is 0.0351 e. The van der Waals surface area contributed by atoms with Gasteiger partial charge < -0.3 is 0 Å². The SMILES string of the molecule is C=CN(C)/N=C(\C)CC. The fraction of sp³-hybridized carbons (Fsp3) is 0.571. The summed E-state index contributed by atoms with van der Waals surface area (Å²) in [6.45, 7) is 7.65. The van der Waals surface area contributed by atoms with E-state index in [0.29, 0.717) is 0 Å². The molecule has 0 radical (unpaired) electrons. The largest absolute Gasteiger partial charge is 0.277 e. The van der Waals surface area contributed by atoms with E-state index in [0.717, 1.165) is 12.1 Å². The third-order valence-electron chi connectivity index (χ3n) is 1.10. The zero-order valence-electron chi connectivity index (χ0n) is 6.39. The molecule has 52 valence electrons. The molecule has 0 amide bonds. The van der Waals surface area contributed by atoms with Gasteiger partial charge in [-0.1, -0.05) is 13.5 Å². The summed E-state index contributed by atoms with van der Waals surface area (Å²) in [6.07, 6.45) is 2.68. The van der Waals surface area contributed by atoms with Crippen LogP contribution in [0.25, 0.3) is 0 Å². The third kappa shape index (κ3) is 3.76. The summed E-state index contributed by atoms with van der Waals surface area (Å²) >= 11 is 0. The highest BCUT2D eigenvalue weighted by atomic mass is 15.4. The van der Waals surface area contributed by atoms with Crippen LogP contribution in [0.1, 0.15) is 20.3 Å². The molecule has 0 N–H and O–H groups in total. The van der Waals surface area contributed by atoms with Gasteiger partial charge in [-0.15, -0.1) is 0 Å². The van der Waals surface area contributed by atoms with E-state index in [9.17, 15) is 0 Å². The molecule has 0 aromatic heterocycles. The normalized spacial score (nSPS) is 11.2. The van der Waals surface area contributed by atoms with Gasteiger partial charge in [0, 0.05) is 19.0 Å². The van der Waals surface area contributed by atoms with Crippen molar-refractivity contribution in [3.05, 3.63) is 12.8 Å². The summed E-state index contributed by atoms with van der Waals surface area (Å²) in [7, 11) is 1.87. The molecule has 9 heavy (non-hydrogen) atoms. The number of hydrazone groups is 1. The molecule has 0 spiro atoms.